The summed E-state index contributed by atoms with van der Waals surface area (Å²) in [4.78, 5) is 16.7. The number of rotatable bonds is 13. The Hall–Kier alpha value is -1.68. The molecule has 0 unspecified atom stereocenters. The van der Waals surface area contributed by atoms with Crippen LogP contribution >= 0.6 is 11.3 Å². The fraction of sp³-hybridized carbons (Fsp3) is 0.583. The molecule has 1 N–H and O–H groups in total. The van der Waals surface area contributed by atoms with Gasteiger partial charge < -0.3 is 5.32 Å². The first-order valence-corrected chi connectivity index (χ1v) is 11.8. The molecule has 0 aliphatic carbocycles. The highest BCUT2D eigenvalue weighted by atomic mass is 32.1. The maximum atomic E-state index is 12.1. The number of anilines is 1. The van der Waals surface area contributed by atoms with Crippen LogP contribution < -0.4 is 5.32 Å². The Balaban J connectivity index is 1.65. The minimum atomic E-state index is 0.0824. The fourth-order valence-corrected chi connectivity index (χ4v) is 4.02. The highest BCUT2D eigenvalue weighted by Crippen LogP contribution is 2.26. The second-order valence-electron chi connectivity index (χ2n) is 7.94. The number of nitrogens with zero attached hydrogens (tertiary/aromatic N) is 1. The summed E-state index contributed by atoms with van der Waals surface area (Å²) in [6, 6.07) is 8.53. The van der Waals surface area contributed by atoms with Crippen molar-refractivity contribution in [3.63, 3.8) is 0 Å². The number of carbonyl (C=O) groups excluding carboxylic acids is 1. The van der Waals surface area contributed by atoms with E-state index in [0.717, 1.165) is 24.1 Å². The number of carbonyl (C=O) groups is 1. The highest BCUT2D eigenvalue weighted by molar-refractivity contribution is 7.14. The molecule has 0 atom stereocenters. The lowest BCUT2D eigenvalue weighted by Gasteiger charge is -2.05. The van der Waals surface area contributed by atoms with Crippen LogP contribution in [0.4, 0.5) is 5.13 Å². The largest absolute Gasteiger partial charge is 0.302 e. The number of thiazole rings is 1. The van der Waals surface area contributed by atoms with Gasteiger partial charge >= 0.3 is 0 Å². The first-order chi connectivity index (χ1) is 13.6. The molecule has 2 aromatic rings. The molecule has 0 saturated heterocycles. The number of hydrogen-bond donors (Lipinski definition) is 1. The van der Waals surface area contributed by atoms with Crippen LogP contribution in [0.15, 0.2) is 29.6 Å². The van der Waals surface area contributed by atoms with Crippen molar-refractivity contribution in [3.05, 3.63) is 35.2 Å². The van der Waals surface area contributed by atoms with Gasteiger partial charge in [0.25, 0.3) is 0 Å². The van der Waals surface area contributed by atoms with E-state index in [-0.39, 0.29) is 5.91 Å². The monoisotopic (exact) mass is 400 g/mol. The van der Waals surface area contributed by atoms with Crippen LogP contribution in [-0.4, -0.2) is 10.9 Å². The van der Waals surface area contributed by atoms with E-state index in [4.69, 9.17) is 0 Å². The second kappa shape index (κ2) is 12.7. The zero-order valence-electron chi connectivity index (χ0n) is 17.8. The Morgan fingerprint density at radius 1 is 0.964 bits per heavy atom. The van der Waals surface area contributed by atoms with Crippen molar-refractivity contribution in [3.8, 4) is 11.3 Å². The first kappa shape index (κ1) is 22.6. The van der Waals surface area contributed by atoms with E-state index in [9.17, 15) is 4.79 Å². The van der Waals surface area contributed by atoms with Crippen LogP contribution in [0.2, 0.25) is 0 Å². The summed E-state index contributed by atoms with van der Waals surface area (Å²) in [7, 11) is 0. The molecule has 2 rings (SSSR count). The highest BCUT2D eigenvalue weighted by Gasteiger charge is 2.08. The van der Waals surface area contributed by atoms with Gasteiger partial charge in [-0.2, -0.15) is 0 Å². The van der Waals surface area contributed by atoms with Gasteiger partial charge in [-0.05, 0) is 17.9 Å². The predicted octanol–water partition coefficient (Wildman–Crippen LogP) is 7.79. The molecule has 0 bridgehead atoms. The Morgan fingerprint density at radius 2 is 1.57 bits per heavy atom. The number of aromatic nitrogens is 1. The molecule has 0 radical (unpaired) electrons. The minimum absolute atomic E-state index is 0.0824. The van der Waals surface area contributed by atoms with Gasteiger partial charge in [0.15, 0.2) is 5.13 Å². The number of hydrogen-bond acceptors (Lipinski definition) is 3. The molecule has 0 fully saturated rings. The summed E-state index contributed by atoms with van der Waals surface area (Å²) >= 11 is 1.50. The molecular weight excluding hydrogens is 364 g/mol. The lowest BCUT2D eigenvalue weighted by Crippen LogP contribution is -2.10. The average Bonchev–Trinajstić information content (AvgIpc) is 3.15. The Kier molecular flexibility index (Phi) is 10.3. The van der Waals surface area contributed by atoms with Crippen molar-refractivity contribution < 1.29 is 4.79 Å². The van der Waals surface area contributed by atoms with E-state index in [1.54, 1.807) is 0 Å². The van der Waals surface area contributed by atoms with E-state index in [2.05, 4.69) is 55.3 Å². The van der Waals surface area contributed by atoms with Gasteiger partial charge in [-0.15, -0.1) is 11.3 Å². The zero-order valence-corrected chi connectivity index (χ0v) is 18.6. The fourth-order valence-electron chi connectivity index (χ4n) is 3.28. The lowest BCUT2D eigenvalue weighted by molar-refractivity contribution is -0.116. The third kappa shape index (κ3) is 8.14. The van der Waals surface area contributed by atoms with E-state index >= 15 is 0 Å². The molecule has 0 saturated carbocycles. The SMILES string of the molecule is CCCCCCCCCCCC(=O)Nc1nc(-c2ccc(C(C)C)cc2)cs1. The van der Waals surface area contributed by atoms with Gasteiger partial charge in [-0.1, -0.05) is 96.4 Å². The molecule has 154 valence electrons. The first-order valence-electron chi connectivity index (χ1n) is 11.0. The number of benzene rings is 1. The molecule has 1 heterocycles. The van der Waals surface area contributed by atoms with Gasteiger partial charge in [0.05, 0.1) is 5.69 Å². The summed E-state index contributed by atoms with van der Waals surface area (Å²) in [6.45, 7) is 6.64. The molecule has 0 aliphatic rings. The van der Waals surface area contributed by atoms with Crippen LogP contribution in [0.25, 0.3) is 11.3 Å². The Morgan fingerprint density at radius 3 is 2.18 bits per heavy atom. The normalized spacial score (nSPS) is 11.1. The summed E-state index contributed by atoms with van der Waals surface area (Å²) in [5, 5.41) is 5.67. The van der Waals surface area contributed by atoms with Crippen molar-refractivity contribution >= 4 is 22.4 Å². The average molecular weight is 401 g/mol. The minimum Gasteiger partial charge on any atom is -0.302 e. The van der Waals surface area contributed by atoms with Crippen LogP contribution in [0.1, 0.15) is 96.5 Å². The van der Waals surface area contributed by atoms with Crippen molar-refractivity contribution in [1.29, 1.82) is 0 Å². The maximum Gasteiger partial charge on any atom is 0.226 e. The van der Waals surface area contributed by atoms with Crippen molar-refractivity contribution in [1.82, 2.24) is 4.98 Å². The van der Waals surface area contributed by atoms with Crippen LogP contribution in [0, 0.1) is 0 Å². The van der Waals surface area contributed by atoms with Crippen LogP contribution in [0.5, 0.6) is 0 Å². The third-order valence-electron chi connectivity index (χ3n) is 5.13. The number of unbranched alkanes of at least 4 members (excludes halogenated alkanes) is 8. The summed E-state index contributed by atoms with van der Waals surface area (Å²) < 4.78 is 0. The molecule has 28 heavy (non-hydrogen) atoms. The molecule has 1 amide bonds. The van der Waals surface area contributed by atoms with E-state index in [1.807, 2.05) is 5.38 Å². The van der Waals surface area contributed by atoms with Crippen LogP contribution in [-0.2, 0) is 4.79 Å². The third-order valence-corrected chi connectivity index (χ3v) is 5.89. The van der Waals surface area contributed by atoms with Gasteiger partial charge in [-0.3, -0.25) is 4.79 Å². The summed E-state index contributed by atoms with van der Waals surface area (Å²) in [5.41, 5.74) is 3.35. The van der Waals surface area contributed by atoms with Crippen molar-refractivity contribution in [2.24, 2.45) is 0 Å². The zero-order chi connectivity index (χ0) is 20.2. The summed E-state index contributed by atoms with van der Waals surface area (Å²) in [5.74, 6) is 0.611. The Bertz CT molecular complexity index is 691. The molecule has 3 nitrogen and oxygen atoms in total. The Labute approximate surface area is 175 Å². The molecule has 1 aromatic carbocycles. The number of nitrogens with one attached hydrogen (secondary N) is 1. The van der Waals surface area contributed by atoms with Gasteiger partial charge in [0.2, 0.25) is 5.91 Å². The van der Waals surface area contributed by atoms with Gasteiger partial charge in [0, 0.05) is 17.4 Å². The van der Waals surface area contributed by atoms with E-state index in [1.165, 1.54) is 61.8 Å². The number of amides is 1. The van der Waals surface area contributed by atoms with Gasteiger partial charge in [0.1, 0.15) is 0 Å². The van der Waals surface area contributed by atoms with E-state index in [0.29, 0.717) is 17.5 Å². The van der Waals surface area contributed by atoms with Crippen molar-refractivity contribution in [2.75, 3.05) is 5.32 Å². The molecular formula is C24H36N2OS. The van der Waals surface area contributed by atoms with Crippen LogP contribution in [0.3, 0.4) is 0 Å². The molecule has 0 spiro atoms. The lowest BCUT2D eigenvalue weighted by atomic mass is 10.0. The topological polar surface area (TPSA) is 42.0 Å². The predicted molar refractivity (Wildman–Crippen MR) is 122 cm³/mol. The second-order valence-corrected chi connectivity index (χ2v) is 8.80. The smallest absolute Gasteiger partial charge is 0.226 e. The molecule has 0 aliphatic heterocycles. The summed E-state index contributed by atoms with van der Waals surface area (Å²) in [6.07, 6.45) is 12.0. The maximum absolute atomic E-state index is 12.1. The van der Waals surface area contributed by atoms with Crippen molar-refractivity contribution in [2.45, 2.75) is 90.9 Å². The van der Waals surface area contributed by atoms with Gasteiger partial charge in [-0.25, -0.2) is 4.98 Å². The molecule has 1 aromatic heterocycles. The van der Waals surface area contributed by atoms with E-state index < -0.39 is 0 Å². The standard InChI is InChI=1S/C24H36N2OS/c1-4-5-6-7-8-9-10-11-12-13-23(27)26-24-25-22(18-28-24)21-16-14-20(15-17-21)19(2)3/h14-19H,4-13H2,1-3H3,(H,25,26,27). The molecule has 4 heteroatoms. The quantitative estimate of drug-likeness (QED) is 0.349.